The lowest BCUT2D eigenvalue weighted by molar-refractivity contribution is 0.645. The van der Waals surface area contributed by atoms with Crippen LogP contribution in [0.3, 0.4) is 0 Å². The molecule has 0 unspecified atom stereocenters. The van der Waals surface area contributed by atoms with Gasteiger partial charge < -0.3 is 4.90 Å². The van der Waals surface area contributed by atoms with Gasteiger partial charge in [0, 0.05) is 6.54 Å². The summed E-state index contributed by atoms with van der Waals surface area (Å²) in [7, 11) is 0. The Labute approximate surface area is 151 Å². The number of benzene rings is 2. The van der Waals surface area contributed by atoms with Crippen LogP contribution in [0.5, 0.6) is 0 Å². The van der Waals surface area contributed by atoms with Gasteiger partial charge in [-0.1, -0.05) is 59.6 Å². The first-order valence-corrected chi connectivity index (χ1v) is 8.25. The smallest absolute Gasteiger partial charge is 0.236 e. The molecule has 2 aromatic rings. The Morgan fingerprint density at radius 2 is 1.75 bits per heavy atom. The number of para-hydroxylation sites is 1. The molecule has 0 saturated carbocycles. The molecule has 0 amide bonds. The molecule has 3 rings (SSSR count). The summed E-state index contributed by atoms with van der Waals surface area (Å²) in [4.78, 5) is 10.8. The van der Waals surface area contributed by atoms with Crippen molar-refractivity contribution in [3.05, 3.63) is 64.1 Å². The van der Waals surface area contributed by atoms with Crippen LogP contribution in [0.15, 0.2) is 58.5 Å². The molecule has 7 heteroatoms. The molecule has 1 heterocycles. The zero-order valence-electron chi connectivity index (χ0n) is 13.1. The van der Waals surface area contributed by atoms with E-state index in [1.807, 2.05) is 48.2 Å². The monoisotopic (exact) mass is 361 g/mol. The number of nitrogens with one attached hydrogen (secondary N) is 2. The molecule has 0 fully saturated rings. The first-order chi connectivity index (χ1) is 11.6. The van der Waals surface area contributed by atoms with Crippen LogP contribution >= 0.6 is 23.2 Å². The predicted molar refractivity (Wildman–Crippen MR) is 101 cm³/mol. The Balaban J connectivity index is 1.63. The average Bonchev–Trinajstić information content (AvgIpc) is 2.57. The standard InChI is InChI=1S/C17H17Cl2N5/c1-12-22-17(23-21-10-13-6-3-2-4-7-13)20-11-24(12)16-14(18)8-5-9-15(16)19/h2-9,21H,10-11H2,1H3,(H,20,23). The van der Waals surface area contributed by atoms with Gasteiger partial charge in [0.2, 0.25) is 5.96 Å². The Kier molecular flexibility index (Phi) is 5.35. The second kappa shape index (κ2) is 7.66. The summed E-state index contributed by atoms with van der Waals surface area (Å²) < 4.78 is 0. The van der Waals surface area contributed by atoms with Crippen LogP contribution in [0, 0.1) is 0 Å². The Morgan fingerprint density at radius 1 is 1.04 bits per heavy atom. The van der Waals surface area contributed by atoms with Crippen molar-refractivity contribution in [2.45, 2.75) is 13.5 Å². The van der Waals surface area contributed by atoms with E-state index in [2.05, 4.69) is 20.8 Å². The minimum absolute atomic E-state index is 0.397. The quantitative estimate of drug-likeness (QED) is 0.813. The van der Waals surface area contributed by atoms with Crippen molar-refractivity contribution >= 4 is 40.7 Å². The van der Waals surface area contributed by atoms with Gasteiger partial charge in [0.1, 0.15) is 12.5 Å². The molecular formula is C17H17Cl2N5. The summed E-state index contributed by atoms with van der Waals surface area (Å²) in [6.45, 7) is 2.97. The molecule has 0 saturated heterocycles. The molecule has 0 bridgehead atoms. The number of hydrogen-bond acceptors (Lipinski definition) is 5. The van der Waals surface area contributed by atoms with Crippen LogP contribution in [0.25, 0.3) is 0 Å². The zero-order valence-corrected chi connectivity index (χ0v) is 14.6. The highest BCUT2D eigenvalue weighted by Gasteiger charge is 2.20. The number of guanidine groups is 1. The molecule has 0 aliphatic carbocycles. The third-order valence-corrected chi connectivity index (χ3v) is 4.17. The summed E-state index contributed by atoms with van der Waals surface area (Å²) in [5, 5.41) is 1.15. The molecule has 2 aromatic carbocycles. The summed E-state index contributed by atoms with van der Waals surface area (Å²) in [6.07, 6.45) is 0. The van der Waals surface area contributed by atoms with Crippen molar-refractivity contribution in [2.75, 3.05) is 11.6 Å². The largest absolute Gasteiger partial charge is 0.307 e. The van der Waals surface area contributed by atoms with Crippen molar-refractivity contribution in [2.24, 2.45) is 9.98 Å². The topological polar surface area (TPSA) is 52.0 Å². The maximum atomic E-state index is 6.26. The highest BCUT2D eigenvalue weighted by Crippen LogP contribution is 2.34. The molecule has 24 heavy (non-hydrogen) atoms. The molecule has 0 aromatic heterocycles. The van der Waals surface area contributed by atoms with Gasteiger partial charge in [-0.05, 0) is 24.6 Å². The molecule has 2 N–H and O–H groups in total. The van der Waals surface area contributed by atoms with E-state index in [1.165, 1.54) is 5.56 Å². The van der Waals surface area contributed by atoms with Crippen LogP contribution in [0.4, 0.5) is 5.69 Å². The zero-order chi connectivity index (χ0) is 16.9. The molecule has 1 aliphatic rings. The maximum absolute atomic E-state index is 6.26. The molecule has 0 spiro atoms. The van der Waals surface area contributed by atoms with Crippen LogP contribution in [0.2, 0.25) is 10.0 Å². The fourth-order valence-electron chi connectivity index (χ4n) is 2.36. The van der Waals surface area contributed by atoms with Crippen LogP contribution in [0.1, 0.15) is 12.5 Å². The highest BCUT2D eigenvalue weighted by molar-refractivity contribution is 6.40. The number of nitrogens with zero attached hydrogens (tertiary/aromatic N) is 3. The summed E-state index contributed by atoms with van der Waals surface area (Å²) in [5.41, 5.74) is 8.03. The molecule has 124 valence electrons. The lowest BCUT2D eigenvalue weighted by atomic mass is 10.2. The van der Waals surface area contributed by atoms with Crippen molar-refractivity contribution in [3.63, 3.8) is 0 Å². The number of amidine groups is 1. The van der Waals surface area contributed by atoms with Gasteiger partial charge in [-0.25, -0.2) is 10.4 Å². The number of anilines is 1. The number of hydrogen-bond donors (Lipinski definition) is 2. The highest BCUT2D eigenvalue weighted by atomic mass is 35.5. The third-order valence-electron chi connectivity index (χ3n) is 3.56. The van der Waals surface area contributed by atoms with Gasteiger partial charge >= 0.3 is 0 Å². The van der Waals surface area contributed by atoms with Crippen molar-refractivity contribution in [1.82, 2.24) is 10.9 Å². The van der Waals surface area contributed by atoms with E-state index in [0.29, 0.717) is 29.2 Å². The second-order valence-corrected chi connectivity index (χ2v) is 6.06. The lowest BCUT2D eigenvalue weighted by Crippen LogP contribution is -2.42. The van der Waals surface area contributed by atoms with E-state index < -0.39 is 0 Å². The average molecular weight is 362 g/mol. The normalized spacial score (nSPS) is 14.2. The number of rotatable bonds is 4. The maximum Gasteiger partial charge on any atom is 0.236 e. The van der Waals surface area contributed by atoms with Gasteiger partial charge in [-0.15, -0.1) is 0 Å². The summed E-state index contributed by atoms with van der Waals surface area (Å²) in [6, 6.07) is 15.5. The Morgan fingerprint density at radius 3 is 2.42 bits per heavy atom. The molecule has 0 radical (unpaired) electrons. The Bertz CT molecular complexity index is 754. The van der Waals surface area contributed by atoms with E-state index in [1.54, 1.807) is 12.1 Å². The predicted octanol–water partition coefficient (Wildman–Crippen LogP) is 3.84. The minimum Gasteiger partial charge on any atom is -0.307 e. The van der Waals surface area contributed by atoms with E-state index in [0.717, 1.165) is 11.5 Å². The minimum atomic E-state index is 0.397. The van der Waals surface area contributed by atoms with Crippen LogP contribution < -0.4 is 15.8 Å². The second-order valence-electron chi connectivity index (χ2n) is 5.24. The number of halogens is 2. The lowest BCUT2D eigenvalue weighted by Gasteiger charge is -2.27. The SMILES string of the molecule is CC1=NC(NNCc2ccccc2)=NCN1c1c(Cl)cccc1Cl. The van der Waals surface area contributed by atoms with E-state index in [-0.39, 0.29) is 0 Å². The van der Waals surface area contributed by atoms with Crippen LogP contribution in [-0.4, -0.2) is 18.5 Å². The molecule has 1 aliphatic heterocycles. The molecule has 0 atom stereocenters. The Hall–Kier alpha value is -2.08. The van der Waals surface area contributed by atoms with Crippen LogP contribution in [-0.2, 0) is 6.54 Å². The van der Waals surface area contributed by atoms with Gasteiger partial charge in [0.05, 0.1) is 15.7 Å². The van der Waals surface area contributed by atoms with Crippen molar-refractivity contribution < 1.29 is 0 Å². The van der Waals surface area contributed by atoms with E-state index in [4.69, 9.17) is 23.2 Å². The van der Waals surface area contributed by atoms with Gasteiger partial charge in [0.25, 0.3) is 0 Å². The first-order valence-electron chi connectivity index (χ1n) is 7.49. The molecular weight excluding hydrogens is 345 g/mol. The van der Waals surface area contributed by atoms with Crippen molar-refractivity contribution in [1.29, 1.82) is 0 Å². The summed E-state index contributed by atoms with van der Waals surface area (Å²) in [5.74, 6) is 1.30. The van der Waals surface area contributed by atoms with Gasteiger partial charge in [-0.2, -0.15) is 4.99 Å². The van der Waals surface area contributed by atoms with Crippen molar-refractivity contribution in [3.8, 4) is 0 Å². The summed E-state index contributed by atoms with van der Waals surface area (Å²) >= 11 is 12.5. The van der Waals surface area contributed by atoms with Gasteiger partial charge in [-0.3, -0.25) is 5.43 Å². The van der Waals surface area contributed by atoms with E-state index >= 15 is 0 Å². The number of hydrazine groups is 1. The number of aliphatic imine (C=N–C) groups is 2. The third kappa shape index (κ3) is 3.87. The fourth-order valence-corrected chi connectivity index (χ4v) is 2.96. The van der Waals surface area contributed by atoms with Gasteiger partial charge in [0.15, 0.2) is 0 Å². The van der Waals surface area contributed by atoms with E-state index in [9.17, 15) is 0 Å². The fraction of sp³-hybridized carbons (Fsp3) is 0.176. The first kappa shape index (κ1) is 16.8. The molecule has 5 nitrogen and oxygen atoms in total.